The summed E-state index contributed by atoms with van der Waals surface area (Å²) in [5.74, 6) is 1.37. The van der Waals surface area contributed by atoms with Crippen molar-refractivity contribution < 1.29 is 9.26 Å². The molecule has 78 valence electrons. The topological polar surface area (TPSA) is 48.2 Å². The average Bonchev–Trinajstić information content (AvgIpc) is 2.64. The predicted molar refractivity (Wildman–Crippen MR) is 55.1 cm³/mol. The third-order valence-corrected chi connectivity index (χ3v) is 2.09. The summed E-state index contributed by atoms with van der Waals surface area (Å²) in [6.07, 6.45) is 0.577. The van der Waals surface area contributed by atoms with Gasteiger partial charge in [-0.3, -0.25) is 0 Å². The van der Waals surface area contributed by atoms with Gasteiger partial charge >= 0.3 is 5.35 Å². The number of aromatic nitrogens is 2. The zero-order chi connectivity index (χ0) is 10.7. The fraction of sp³-hybridized carbons (Fsp3) is 0.200. The molecule has 0 aliphatic heterocycles. The molecule has 1 heterocycles. The molecule has 2 rings (SSSR count). The van der Waals surface area contributed by atoms with Gasteiger partial charge in [0.1, 0.15) is 5.75 Å². The summed E-state index contributed by atoms with van der Waals surface area (Å²) < 4.78 is 9.77. The summed E-state index contributed by atoms with van der Waals surface area (Å²) in [5.41, 5.74) is 1.05. The van der Waals surface area contributed by atoms with Gasteiger partial charge in [-0.2, -0.15) is 4.98 Å². The van der Waals surface area contributed by atoms with E-state index in [4.69, 9.17) is 16.3 Å². The Balaban J connectivity index is 2.16. The third-order valence-electron chi connectivity index (χ3n) is 1.94. The first-order valence-corrected chi connectivity index (χ1v) is 4.77. The lowest BCUT2D eigenvalue weighted by molar-refractivity contribution is 0.411. The fourth-order valence-corrected chi connectivity index (χ4v) is 1.40. The van der Waals surface area contributed by atoms with Crippen molar-refractivity contribution in [1.82, 2.24) is 10.1 Å². The van der Waals surface area contributed by atoms with Crippen molar-refractivity contribution in [3.05, 3.63) is 41.0 Å². The SMILES string of the molecule is COc1cccc(Cc2noc(Cl)n2)c1. The van der Waals surface area contributed by atoms with Gasteiger partial charge in [-0.1, -0.05) is 17.3 Å². The van der Waals surface area contributed by atoms with E-state index in [2.05, 4.69) is 14.7 Å². The maximum atomic E-state index is 5.52. The number of ether oxygens (including phenoxy) is 1. The third kappa shape index (κ3) is 2.47. The summed E-state index contributed by atoms with van der Waals surface area (Å²) in [6, 6.07) is 7.68. The highest BCUT2D eigenvalue weighted by Gasteiger charge is 2.05. The molecule has 2 aromatic rings. The van der Waals surface area contributed by atoms with Crippen LogP contribution in [0.4, 0.5) is 0 Å². The van der Waals surface area contributed by atoms with Crippen molar-refractivity contribution in [2.75, 3.05) is 7.11 Å². The Morgan fingerprint density at radius 1 is 1.47 bits per heavy atom. The molecule has 0 spiro atoms. The van der Waals surface area contributed by atoms with Crippen molar-refractivity contribution in [2.24, 2.45) is 0 Å². The molecule has 1 aromatic carbocycles. The van der Waals surface area contributed by atoms with Crippen LogP contribution in [0.5, 0.6) is 5.75 Å². The molecular weight excluding hydrogens is 216 g/mol. The van der Waals surface area contributed by atoms with Crippen molar-refractivity contribution in [3.63, 3.8) is 0 Å². The van der Waals surface area contributed by atoms with Gasteiger partial charge < -0.3 is 9.26 Å². The highest BCUT2D eigenvalue weighted by molar-refractivity contribution is 6.27. The lowest BCUT2D eigenvalue weighted by Crippen LogP contribution is -1.91. The lowest BCUT2D eigenvalue weighted by Gasteiger charge is -2.01. The van der Waals surface area contributed by atoms with Crippen LogP contribution in [0.2, 0.25) is 5.35 Å². The molecule has 5 heteroatoms. The van der Waals surface area contributed by atoms with E-state index in [1.807, 2.05) is 24.3 Å². The Kier molecular flexibility index (Phi) is 2.87. The van der Waals surface area contributed by atoms with E-state index in [1.165, 1.54) is 0 Å². The lowest BCUT2D eigenvalue weighted by atomic mass is 10.1. The Morgan fingerprint density at radius 2 is 2.33 bits per heavy atom. The maximum absolute atomic E-state index is 5.52. The first kappa shape index (κ1) is 9.98. The second-order valence-electron chi connectivity index (χ2n) is 2.99. The normalized spacial score (nSPS) is 10.3. The standard InChI is InChI=1S/C10H9ClN2O2/c1-14-8-4-2-3-7(5-8)6-9-12-10(11)15-13-9/h2-5H,6H2,1H3. The van der Waals surface area contributed by atoms with Crippen LogP contribution in [0.1, 0.15) is 11.4 Å². The summed E-state index contributed by atoms with van der Waals surface area (Å²) in [7, 11) is 1.63. The Morgan fingerprint density at radius 3 is 3.00 bits per heavy atom. The van der Waals surface area contributed by atoms with Crippen LogP contribution >= 0.6 is 11.6 Å². The molecule has 0 saturated carbocycles. The van der Waals surface area contributed by atoms with E-state index in [1.54, 1.807) is 7.11 Å². The summed E-state index contributed by atoms with van der Waals surface area (Å²) >= 11 is 5.52. The van der Waals surface area contributed by atoms with Crippen molar-refractivity contribution in [2.45, 2.75) is 6.42 Å². The minimum atomic E-state index is 0.0629. The van der Waals surface area contributed by atoms with Gasteiger partial charge in [-0.25, -0.2) is 0 Å². The van der Waals surface area contributed by atoms with Gasteiger partial charge in [0.25, 0.3) is 0 Å². The molecule has 0 radical (unpaired) electrons. The first-order chi connectivity index (χ1) is 7.28. The molecule has 0 unspecified atom stereocenters. The minimum Gasteiger partial charge on any atom is -0.497 e. The summed E-state index contributed by atoms with van der Waals surface area (Å²) in [4.78, 5) is 3.91. The molecule has 4 nitrogen and oxygen atoms in total. The van der Waals surface area contributed by atoms with Gasteiger partial charge in [-0.05, 0) is 29.3 Å². The Hall–Kier alpha value is -1.55. The second kappa shape index (κ2) is 4.31. The van der Waals surface area contributed by atoms with E-state index >= 15 is 0 Å². The van der Waals surface area contributed by atoms with Gasteiger partial charge in [0.05, 0.1) is 7.11 Å². The van der Waals surface area contributed by atoms with E-state index in [-0.39, 0.29) is 5.35 Å². The zero-order valence-electron chi connectivity index (χ0n) is 8.11. The molecule has 15 heavy (non-hydrogen) atoms. The van der Waals surface area contributed by atoms with Crippen molar-refractivity contribution in [1.29, 1.82) is 0 Å². The van der Waals surface area contributed by atoms with Gasteiger partial charge in [-0.15, -0.1) is 0 Å². The van der Waals surface area contributed by atoms with Gasteiger partial charge in [0.2, 0.25) is 0 Å². The van der Waals surface area contributed by atoms with Crippen LogP contribution in [0, 0.1) is 0 Å². The molecule has 0 fully saturated rings. The largest absolute Gasteiger partial charge is 0.497 e. The average molecular weight is 225 g/mol. The number of hydrogen-bond acceptors (Lipinski definition) is 4. The summed E-state index contributed by atoms with van der Waals surface area (Å²) in [5, 5.41) is 3.77. The van der Waals surface area contributed by atoms with Crippen LogP contribution in [0.25, 0.3) is 0 Å². The monoisotopic (exact) mass is 224 g/mol. The van der Waals surface area contributed by atoms with E-state index in [9.17, 15) is 0 Å². The molecular formula is C10H9ClN2O2. The van der Waals surface area contributed by atoms with Gasteiger partial charge in [0, 0.05) is 6.42 Å². The molecule has 1 aromatic heterocycles. The summed E-state index contributed by atoms with van der Waals surface area (Å²) in [6.45, 7) is 0. The van der Waals surface area contributed by atoms with Crippen LogP contribution in [0.3, 0.4) is 0 Å². The Bertz CT molecular complexity index is 456. The fourth-order valence-electron chi connectivity index (χ4n) is 1.27. The number of rotatable bonds is 3. The highest BCUT2D eigenvalue weighted by atomic mass is 35.5. The van der Waals surface area contributed by atoms with Crippen LogP contribution in [-0.2, 0) is 6.42 Å². The molecule has 0 amide bonds. The van der Waals surface area contributed by atoms with Crippen molar-refractivity contribution >= 4 is 11.6 Å². The molecule has 0 aliphatic rings. The number of nitrogens with zero attached hydrogens (tertiary/aromatic N) is 2. The zero-order valence-corrected chi connectivity index (χ0v) is 8.86. The molecule has 0 aliphatic carbocycles. The van der Waals surface area contributed by atoms with Crippen LogP contribution in [-0.4, -0.2) is 17.3 Å². The van der Waals surface area contributed by atoms with Gasteiger partial charge in [0.15, 0.2) is 5.82 Å². The van der Waals surface area contributed by atoms with Crippen molar-refractivity contribution in [3.8, 4) is 5.75 Å². The molecule has 0 saturated heterocycles. The van der Waals surface area contributed by atoms with Crippen LogP contribution in [0.15, 0.2) is 28.8 Å². The smallest absolute Gasteiger partial charge is 0.320 e. The van der Waals surface area contributed by atoms with E-state index < -0.39 is 0 Å². The number of methoxy groups -OCH3 is 1. The second-order valence-corrected chi connectivity index (χ2v) is 3.32. The number of benzene rings is 1. The molecule has 0 atom stereocenters. The maximum Gasteiger partial charge on any atom is 0.320 e. The predicted octanol–water partition coefficient (Wildman–Crippen LogP) is 2.32. The minimum absolute atomic E-state index is 0.0629. The van der Waals surface area contributed by atoms with E-state index in [0.717, 1.165) is 11.3 Å². The highest BCUT2D eigenvalue weighted by Crippen LogP contribution is 2.15. The van der Waals surface area contributed by atoms with Crippen LogP contribution < -0.4 is 4.74 Å². The van der Waals surface area contributed by atoms with E-state index in [0.29, 0.717) is 12.2 Å². The molecule has 0 N–H and O–H groups in total. The number of hydrogen-bond donors (Lipinski definition) is 0. The number of halogens is 1. The first-order valence-electron chi connectivity index (χ1n) is 4.39. The molecule has 0 bridgehead atoms. The Labute approximate surface area is 91.8 Å². The quantitative estimate of drug-likeness (QED) is 0.803.